The summed E-state index contributed by atoms with van der Waals surface area (Å²) in [5.41, 5.74) is 1.14. The average Bonchev–Trinajstić information content (AvgIpc) is 2.73. The van der Waals surface area contributed by atoms with E-state index in [4.69, 9.17) is 0 Å². The number of aliphatic hydroxyl groups is 1. The standard InChI is InChI=1S/C23H25FN4O3/c1-13(14(2)29)25-16-11-28(12-16)23(31)19-9-15(7-8-20(19)24)10-21-17-5-3-4-6-18(17)22(30)27-26-21/h3-9,13-14,16,25,29H,10-12H2,1-2H3,(H,27,30). The van der Waals surface area contributed by atoms with Crippen molar-refractivity contribution in [2.75, 3.05) is 13.1 Å². The lowest BCUT2D eigenvalue weighted by Gasteiger charge is -2.41. The van der Waals surface area contributed by atoms with Crippen molar-refractivity contribution in [1.29, 1.82) is 0 Å². The van der Waals surface area contributed by atoms with Gasteiger partial charge >= 0.3 is 0 Å². The van der Waals surface area contributed by atoms with E-state index < -0.39 is 11.9 Å². The molecule has 1 aliphatic rings. The van der Waals surface area contributed by atoms with Crippen LogP contribution in [-0.2, 0) is 6.42 Å². The highest BCUT2D eigenvalue weighted by Crippen LogP contribution is 2.21. The molecule has 1 aliphatic heterocycles. The first-order valence-electron chi connectivity index (χ1n) is 10.3. The van der Waals surface area contributed by atoms with Gasteiger partial charge in [0.05, 0.1) is 22.7 Å². The first-order chi connectivity index (χ1) is 14.8. The Labute approximate surface area is 178 Å². The first kappa shape index (κ1) is 21.1. The van der Waals surface area contributed by atoms with E-state index in [2.05, 4.69) is 15.5 Å². The van der Waals surface area contributed by atoms with Gasteiger partial charge in [-0.1, -0.05) is 24.3 Å². The summed E-state index contributed by atoms with van der Waals surface area (Å²) in [6.45, 7) is 4.52. The lowest BCUT2D eigenvalue weighted by atomic mass is 10.00. The number of rotatable bonds is 6. The summed E-state index contributed by atoms with van der Waals surface area (Å²) < 4.78 is 14.4. The van der Waals surface area contributed by atoms with Gasteiger partial charge < -0.3 is 15.3 Å². The molecule has 0 aliphatic carbocycles. The molecule has 162 valence electrons. The number of carbonyl (C=O) groups excluding carboxylic acids is 1. The number of aromatic nitrogens is 2. The largest absolute Gasteiger partial charge is 0.392 e. The zero-order valence-corrected chi connectivity index (χ0v) is 17.4. The van der Waals surface area contributed by atoms with Gasteiger partial charge in [-0.15, -0.1) is 0 Å². The summed E-state index contributed by atoms with van der Waals surface area (Å²) in [6, 6.07) is 11.6. The van der Waals surface area contributed by atoms with Gasteiger partial charge in [0.2, 0.25) is 0 Å². The number of hydrogen-bond donors (Lipinski definition) is 3. The number of aliphatic hydroxyl groups excluding tert-OH is 1. The van der Waals surface area contributed by atoms with E-state index in [0.717, 1.165) is 10.9 Å². The molecule has 1 fully saturated rings. The van der Waals surface area contributed by atoms with E-state index in [1.165, 1.54) is 6.07 Å². The van der Waals surface area contributed by atoms with Crippen molar-refractivity contribution in [3.8, 4) is 0 Å². The van der Waals surface area contributed by atoms with Crippen LogP contribution in [0.1, 0.15) is 35.5 Å². The number of fused-ring (bicyclic) bond motifs is 1. The number of likely N-dealkylation sites (tertiary alicyclic amines) is 1. The molecule has 0 saturated carbocycles. The summed E-state index contributed by atoms with van der Waals surface area (Å²) in [7, 11) is 0. The Morgan fingerprint density at radius 1 is 1.26 bits per heavy atom. The maximum Gasteiger partial charge on any atom is 0.272 e. The fraction of sp³-hybridized carbons (Fsp3) is 0.348. The molecule has 1 amide bonds. The number of benzene rings is 2. The van der Waals surface area contributed by atoms with Crippen molar-refractivity contribution >= 4 is 16.7 Å². The quantitative estimate of drug-likeness (QED) is 0.561. The van der Waals surface area contributed by atoms with Crippen LogP contribution in [0.4, 0.5) is 4.39 Å². The second kappa shape index (κ2) is 8.56. The van der Waals surface area contributed by atoms with Gasteiger partial charge in [0.15, 0.2) is 0 Å². The van der Waals surface area contributed by atoms with Crippen LogP contribution < -0.4 is 10.9 Å². The van der Waals surface area contributed by atoms with Gasteiger partial charge in [0.1, 0.15) is 5.82 Å². The molecule has 0 spiro atoms. The van der Waals surface area contributed by atoms with Crippen molar-refractivity contribution in [2.45, 2.75) is 38.5 Å². The maximum atomic E-state index is 14.4. The van der Waals surface area contributed by atoms with Crippen LogP contribution in [0.2, 0.25) is 0 Å². The SMILES string of the molecule is CC(O)C(C)NC1CN(C(=O)c2cc(Cc3n[nH]c(=O)c4ccccc34)ccc2F)C1. The molecule has 2 heterocycles. The predicted octanol–water partition coefficient (Wildman–Crippen LogP) is 1.84. The van der Waals surface area contributed by atoms with Gasteiger partial charge in [-0.25, -0.2) is 9.49 Å². The first-order valence-corrected chi connectivity index (χ1v) is 10.3. The number of nitrogens with zero attached hydrogens (tertiary/aromatic N) is 2. The number of nitrogens with one attached hydrogen (secondary N) is 2. The molecule has 2 unspecified atom stereocenters. The molecule has 1 aromatic heterocycles. The molecule has 0 radical (unpaired) electrons. The van der Waals surface area contributed by atoms with E-state index in [1.54, 1.807) is 36.1 Å². The highest BCUT2D eigenvalue weighted by Gasteiger charge is 2.33. The molecule has 0 bridgehead atoms. The minimum absolute atomic E-state index is 0.0215. The summed E-state index contributed by atoms with van der Waals surface area (Å²) in [6.07, 6.45) is -0.134. The van der Waals surface area contributed by atoms with Crippen LogP contribution in [0, 0.1) is 5.82 Å². The molecule has 1 saturated heterocycles. The van der Waals surface area contributed by atoms with Gasteiger partial charge in [0.25, 0.3) is 11.5 Å². The normalized spacial score (nSPS) is 16.2. The Hall–Kier alpha value is -3.10. The van der Waals surface area contributed by atoms with Gasteiger partial charge in [-0.2, -0.15) is 5.10 Å². The summed E-state index contributed by atoms with van der Waals surface area (Å²) in [4.78, 5) is 26.4. The number of aromatic amines is 1. The lowest BCUT2D eigenvalue weighted by molar-refractivity contribution is 0.0506. The maximum absolute atomic E-state index is 14.4. The zero-order chi connectivity index (χ0) is 22.1. The number of amides is 1. The van der Waals surface area contributed by atoms with Gasteiger partial charge in [-0.05, 0) is 37.6 Å². The Balaban J connectivity index is 1.51. The van der Waals surface area contributed by atoms with E-state index >= 15 is 0 Å². The van der Waals surface area contributed by atoms with Crippen LogP contribution in [-0.4, -0.2) is 57.4 Å². The minimum Gasteiger partial charge on any atom is -0.392 e. The second-order valence-corrected chi connectivity index (χ2v) is 8.14. The number of H-pyrrole nitrogens is 1. The van der Waals surface area contributed by atoms with E-state index in [-0.39, 0.29) is 29.1 Å². The summed E-state index contributed by atoms with van der Waals surface area (Å²) in [5, 5.41) is 20.8. The highest BCUT2D eigenvalue weighted by atomic mass is 19.1. The Morgan fingerprint density at radius 3 is 2.68 bits per heavy atom. The molecule has 7 nitrogen and oxygen atoms in total. The highest BCUT2D eigenvalue weighted by molar-refractivity contribution is 5.95. The summed E-state index contributed by atoms with van der Waals surface area (Å²) >= 11 is 0. The van der Waals surface area contributed by atoms with Crippen LogP contribution in [0.25, 0.3) is 10.8 Å². The molecule has 8 heteroatoms. The van der Waals surface area contributed by atoms with Crippen molar-refractivity contribution in [2.24, 2.45) is 0 Å². The lowest BCUT2D eigenvalue weighted by Crippen LogP contribution is -2.62. The Kier molecular flexibility index (Phi) is 5.84. The average molecular weight is 424 g/mol. The van der Waals surface area contributed by atoms with Crippen LogP contribution in [0.3, 0.4) is 0 Å². The predicted molar refractivity (Wildman–Crippen MR) is 116 cm³/mol. The van der Waals surface area contributed by atoms with Gasteiger partial charge in [-0.3, -0.25) is 9.59 Å². The number of halogens is 1. The van der Waals surface area contributed by atoms with E-state index in [1.807, 2.05) is 19.1 Å². The summed E-state index contributed by atoms with van der Waals surface area (Å²) in [5.74, 6) is -0.928. The third-order valence-corrected chi connectivity index (χ3v) is 5.80. The van der Waals surface area contributed by atoms with Crippen molar-refractivity contribution in [3.05, 3.63) is 75.5 Å². The molecular weight excluding hydrogens is 399 g/mol. The molecule has 3 N–H and O–H groups in total. The molecule has 2 atom stereocenters. The van der Waals surface area contributed by atoms with Crippen molar-refractivity contribution in [1.82, 2.24) is 20.4 Å². The van der Waals surface area contributed by atoms with E-state index in [0.29, 0.717) is 30.6 Å². The van der Waals surface area contributed by atoms with Crippen LogP contribution in [0.15, 0.2) is 47.3 Å². The molecule has 31 heavy (non-hydrogen) atoms. The smallest absolute Gasteiger partial charge is 0.272 e. The Morgan fingerprint density at radius 2 is 1.97 bits per heavy atom. The molecule has 2 aromatic carbocycles. The van der Waals surface area contributed by atoms with Crippen LogP contribution >= 0.6 is 0 Å². The van der Waals surface area contributed by atoms with E-state index in [9.17, 15) is 19.1 Å². The number of carbonyl (C=O) groups is 1. The van der Waals surface area contributed by atoms with Crippen molar-refractivity contribution in [3.63, 3.8) is 0 Å². The fourth-order valence-corrected chi connectivity index (χ4v) is 3.78. The van der Waals surface area contributed by atoms with Gasteiger partial charge in [0, 0.05) is 37.0 Å². The fourth-order valence-electron chi connectivity index (χ4n) is 3.78. The Bertz CT molecular complexity index is 1170. The second-order valence-electron chi connectivity index (χ2n) is 8.14. The number of hydrogen-bond acceptors (Lipinski definition) is 5. The van der Waals surface area contributed by atoms with Crippen LogP contribution in [0.5, 0.6) is 0 Å². The molecule has 4 rings (SSSR count). The third kappa shape index (κ3) is 4.35. The molecular formula is C23H25FN4O3. The zero-order valence-electron chi connectivity index (χ0n) is 17.4. The molecule has 3 aromatic rings. The monoisotopic (exact) mass is 424 g/mol. The minimum atomic E-state index is -0.568. The third-order valence-electron chi connectivity index (χ3n) is 5.80. The van der Waals surface area contributed by atoms with Crippen molar-refractivity contribution < 1.29 is 14.3 Å². The topological polar surface area (TPSA) is 98.3 Å².